The molecule has 3 fully saturated rings. The van der Waals surface area contributed by atoms with Gasteiger partial charge in [-0.15, -0.1) is 0 Å². The van der Waals surface area contributed by atoms with Crippen molar-refractivity contribution in [1.82, 2.24) is 10.2 Å². The molecule has 1 N–H and O–H groups in total. The molecule has 1 aromatic carbocycles. The number of likely N-dealkylation sites (tertiary alicyclic amines) is 1. The first-order valence-corrected chi connectivity index (χ1v) is 10.0. The summed E-state index contributed by atoms with van der Waals surface area (Å²) >= 11 is 0. The first kappa shape index (κ1) is 18.0. The summed E-state index contributed by atoms with van der Waals surface area (Å²) in [4.78, 5) is 14.7. The van der Waals surface area contributed by atoms with Crippen LogP contribution in [0.1, 0.15) is 37.7 Å². The number of hydrogen-bond donors (Lipinski definition) is 1. The Morgan fingerprint density at radius 1 is 1.12 bits per heavy atom. The summed E-state index contributed by atoms with van der Waals surface area (Å²) in [5.74, 6) is 0.632. The number of nitrogens with one attached hydrogen (secondary N) is 1. The number of hydrogen-bond acceptors (Lipinski definition) is 4. The van der Waals surface area contributed by atoms with Crippen molar-refractivity contribution in [2.75, 3.05) is 39.4 Å². The van der Waals surface area contributed by atoms with Gasteiger partial charge in [0.2, 0.25) is 5.91 Å². The Kier molecular flexibility index (Phi) is 5.57. The van der Waals surface area contributed by atoms with Crippen molar-refractivity contribution in [3.8, 4) is 0 Å². The summed E-state index contributed by atoms with van der Waals surface area (Å²) < 4.78 is 11.3. The van der Waals surface area contributed by atoms with Crippen LogP contribution in [0.3, 0.4) is 0 Å². The van der Waals surface area contributed by atoms with Crippen LogP contribution in [-0.2, 0) is 19.7 Å². The van der Waals surface area contributed by atoms with Crippen molar-refractivity contribution >= 4 is 5.91 Å². The predicted octanol–water partition coefficient (Wildman–Crippen LogP) is 2.31. The fourth-order valence-electron chi connectivity index (χ4n) is 4.52. The molecule has 142 valence electrons. The highest BCUT2D eigenvalue weighted by Gasteiger charge is 2.39. The van der Waals surface area contributed by atoms with Crippen LogP contribution in [0.25, 0.3) is 0 Å². The number of ether oxygens (including phenoxy) is 2. The zero-order valence-electron chi connectivity index (χ0n) is 15.5. The highest BCUT2D eigenvalue weighted by molar-refractivity contribution is 5.78. The maximum absolute atomic E-state index is 12.5. The number of carbonyl (C=O) groups excluding carboxylic acids is 1. The number of amides is 1. The highest BCUT2D eigenvalue weighted by Crippen LogP contribution is 2.43. The van der Waals surface area contributed by atoms with Crippen LogP contribution in [0.15, 0.2) is 30.3 Å². The van der Waals surface area contributed by atoms with Crippen molar-refractivity contribution in [3.05, 3.63) is 35.9 Å². The van der Waals surface area contributed by atoms with Gasteiger partial charge >= 0.3 is 0 Å². The van der Waals surface area contributed by atoms with Crippen LogP contribution in [0, 0.1) is 5.92 Å². The molecule has 1 aliphatic carbocycles. The average molecular weight is 358 g/mol. The minimum atomic E-state index is -0.0182. The third kappa shape index (κ3) is 3.95. The average Bonchev–Trinajstić information content (AvgIpc) is 3.17. The van der Waals surface area contributed by atoms with Crippen molar-refractivity contribution in [3.63, 3.8) is 0 Å². The molecule has 26 heavy (non-hydrogen) atoms. The van der Waals surface area contributed by atoms with Crippen molar-refractivity contribution < 1.29 is 14.3 Å². The SMILES string of the molecule is O=C(CN1CCC(C2OCCO2)CC1)NCC1(c2ccccc2)CCC1. The monoisotopic (exact) mass is 358 g/mol. The third-order valence-corrected chi connectivity index (χ3v) is 6.35. The Balaban J connectivity index is 1.22. The summed E-state index contributed by atoms with van der Waals surface area (Å²) in [6, 6.07) is 10.6. The Bertz CT molecular complexity index is 589. The molecule has 2 saturated heterocycles. The van der Waals surface area contributed by atoms with E-state index in [1.165, 1.54) is 24.8 Å². The van der Waals surface area contributed by atoms with Crippen LogP contribution in [0.5, 0.6) is 0 Å². The molecule has 2 heterocycles. The Labute approximate surface area is 156 Å². The lowest BCUT2D eigenvalue weighted by Gasteiger charge is -2.43. The van der Waals surface area contributed by atoms with E-state index in [4.69, 9.17) is 9.47 Å². The Morgan fingerprint density at radius 3 is 2.42 bits per heavy atom. The zero-order valence-corrected chi connectivity index (χ0v) is 15.5. The lowest BCUT2D eigenvalue weighted by molar-refractivity contribution is -0.124. The first-order chi connectivity index (χ1) is 12.8. The van der Waals surface area contributed by atoms with E-state index < -0.39 is 0 Å². The smallest absolute Gasteiger partial charge is 0.234 e. The molecule has 0 radical (unpaired) electrons. The number of rotatable bonds is 6. The van der Waals surface area contributed by atoms with Crippen LogP contribution in [-0.4, -0.2) is 56.5 Å². The van der Waals surface area contributed by atoms with Gasteiger partial charge in [0.1, 0.15) is 0 Å². The van der Waals surface area contributed by atoms with E-state index in [1.54, 1.807) is 0 Å². The van der Waals surface area contributed by atoms with Gasteiger partial charge in [-0.25, -0.2) is 0 Å². The van der Waals surface area contributed by atoms with Crippen molar-refractivity contribution in [2.45, 2.75) is 43.8 Å². The van der Waals surface area contributed by atoms with Crippen LogP contribution in [0.4, 0.5) is 0 Å². The van der Waals surface area contributed by atoms with E-state index >= 15 is 0 Å². The van der Waals surface area contributed by atoms with E-state index in [0.29, 0.717) is 12.5 Å². The second kappa shape index (κ2) is 8.07. The van der Waals surface area contributed by atoms with Gasteiger partial charge in [0.15, 0.2) is 6.29 Å². The van der Waals surface area contributed by atoms with Crippen LogP contribution in [0.2, 0.25) is 0 Å². The standard InChI is InChI=1S/C21H30N2O3/c24-19(15-23-11-7-17(8-12-23)20-25-13-14-26-20)22-16-21(9-4-10-21)18-5-2-1-3-6-18/h1-3,5-6,17,20H,4,7-16H2,(H,22,24). The summed E-state index contributed by atoms with van der Waals surface area (Å²) in [6.45, 7) is 4.60. The molecule has 0 aromatic heterocycles. The van der Waals surface area contributed by atoms with Crippen LogP contribution >= 0.6 is 0 Å². The fourth-order valence-corrected chi connectivity index (χ4v) is 4.52. The first-order valence-electron chi connectivity index (χ1n) is 10.0. The molecular formula is C21H30N2O3. The lowest BCUT2D eigenvalue weighted by Crippen LogP contribution is -2.49. The largest absolute Gasteiger partial charge is 0.354 e. The topological polar surface area (TPSA) is 50.8 Å². The second-order valence-electron chi connectivity index (χ2n) is 8.00. The number of piperidine rings is 1. The van der Waals surface area contributed by atoms with Gasteiger partial charge in [0.25, 0.3) is 0 Å². The summed E-state index contributed by atoms with van der Waals surface area (Å²) in [7, 11) is 0. The van der Waals surface area contributed by atoms with Crippen molar-refractivity contribution in [2.24, 2.45) is 5.92 Å². The molecule has 5 nitrogen and oxygen atoms in total. The molecule has 1 saturated carbocycles. The van der Waals surface area contributed by atoms with Crippen molar-refractivity contribution in [1.29, 1.82) is 0 Å². The maximum atomic E-state index is 12.5. The molecule has 1 aromatic rings. The van der Waals surface area contributed by atoms with Gasteiger partial charge in [0.05, 0.1) is 19.8 Å². The minimum Gasteiger partial charge on any atom is -0.354 e. The number of nitrogens with zero attached hydrogens (tertiary/aromatic N) is 1. The minimum absolute atomic E-state index is 0.0182. The predicted molar refractivity (Wildman–Crippen MR) is 99.8 cm³/mol. The maximum Gasteiger partial charge on any atom is 0.234 e. The molecule has 0 bridgehead atoms. The third-order valence-electron chi connectivity index (χ3n) is 6.35. The van der Waals surface area contributed by atoms with Gasteiger partial charge < -0.3 is 14.8 Å². The van der Waals surface area contributed by atoms with E-state index in [2.05, 4.69) is 40.5 Å². The van der Waals surface area contributed by atoms with Gasteiger partial charge in [0, 0.05) is 17.9 Å². The Hall–Kier alpha value is -1.43. The molecule has 2 aliphatic heterocycles. The lowest BCUT2D eigenvalue weighted by atomic mass is 9.64. The molecule has 3 aliphatic rings. The molecule has 0 unspecified atom stereocenters. The molecule has 1 amide bonds. The van der Waals surface area contributed by atoms with Crippen LogP contribution < -0.4 is 5.32 Å². The second-order valence-corrected chi connectivity index (χ2v) is 8.00. The van der Waals surface area contributed by atoms with E-state index in [9.17, 15) is 4.79 Å². The molecule has 5 heteroatoms. The molecular weight excluding hydrogens is 328 g/mol. The van der Waals surface area contributed by atoms with Gasteiger partial charge in [-0.05, 0) is 44.3 Å². The van der Waals surface area contributed by atoms with Gasteiger partial charge in [-0.2, -0.15) is 0 Å². The van der Waals surface area contributed by atoms with E-state index in [0.717, 1.165) is 45.7 Å². The molecule has 0 atom stereocenters. The Morgan fingerprint density at radius 2 is 1.81 bits per heavy atom. The highest BCUT2D eigenvalue weighted by atomic mass is 16.7. The van der Waals surface area contributed by atoms with Gasteiger partial charge in [-0.3, -0.25) is 9.69 Å². The normalized spacial score (nSPS) is 24.3. The zero-order chi connectivity index (χ0) is 17.8. The summed E-state index contributed by atoms with van der Waals surface area (Å²) in [5, 5.41) is 3.21. The fraction of sp³-hybridized carbons (Fsp3) is 0.667. The summed E-state index contributed by atoms with van der Waals surface area (Å²) in [5.41, 5.74) is 1.52. The van der Waals surface area contributed by atoms with E-state index in [1.807, 2.05) is 0 Å². The number of benzene rings is 1. The van der Waals surface area contributed by atoms with Gasteiger partial charge in [-0.1, -0.05) is 36.8 Å². The summed E-state index contributed by atoms with van der Waals surface area (Å²) in [6.07, 6.45) is 5.67. The quantitative estimate of drug-likeness (QED) is 0.848. The molecule has 4 rings (SSSR count). The molecule has 0 spiro atoms. The number of carbonyl (C=O) groups is 1. The van der Waals surface area contributed by atoms with E-state index in [-0.39, 0.29) is 17.6 Å².